The van der Waals surface area contributed by atoms with Crippen molar-refractivity contribution in [2.45, 2.75) is 25.2 Å². The van der Waals surface area contributed by atoms with E-state index < -0.39 is 6.29 Å². The van der Waals surface area contributed by atoms with Gasteiger partial charge in [-0.15, -0.1) is 0 Å². The van der Waals surface area contributed by atoms with Gasteiger partial charge in [-0.05, 0) is 35.9 Å². The lowest BCUT2D eigenvalue weighted by atomic mass is 9.92. The van der Waals surface area contributed by atoms with Gasteiger partial charge in [0.25, 0.3) is 5.91 Å². The summed E-state index contributed by atoms with van der Waals surface area (Å²) in [7, 11) is 0. The van der Waals surface area contributed by atoms with E-state index in [0.717, 1.165) is 16.6 Å². The van der Waals surface area contributed by atoms with Crippen LogP contribution in [0.15, 0.2) is 54.3 Å². The molecule has 2 aromatic carbocycles. The second-order valence-electron chi connectivity index (χ2n) is 8.12. The van der Waals surface area contributed by atoms with E-state index in [-0.39, 0.29) is 50.7 Å². The fourth-order valence-electron chi connectivity index (χ4n) is 4.04. The Morgan fingerprint density at radius 1 is 1.14 bits per heavy atom. The first-order valence-electron chi connectivity index (χ1n) is 11.5. The van der Waals surface area contributed by atoms with Crippen LogP contribution in [0.25, 0.3) is 11.0 Å². The number of ether oxygens (including phenoxy) is 5. The number of allylic oxidation sites excluding steroid dienone is 1. The number of nitrogens with zero attached hydrogens (tertiary/aromatic N) is 1. The zero-order valence-electron chi connectivity index (χ0n) is 19.1. The predicted octanol–water partition coefficient (Wildman–Crippen LogP) is 2.35. The molecule has 0 unspecified atom stereocenters. The van der Waals surface area contributed by atoms with Gasteiger partial charge in [0.05, 0.1) is 44.0 Å². The van der Waals surface area contributed by atoms with Crippen molar-refractivity contribution in [3.63, 3.8) is 0 Å². The van der Waals surface area contributed by atoms with Crippen LogP contribution in [0, 0.1) is 0 Å². The Balaban J connectivity index is 1.28. The zero-order valence-corrected chi connectivity index (χ0v) is 19.1. The molecule has 2 aliphatic heterocycles. The van der Waals surface area contributed by atoms with Crippen molar-refractivity contribution < 1.29 is 33.6 Å². The van der Waals surface area contributed by atoms with Crippen LogP contribution in [0.4, 0.5) is 0 Å². The molecule has 1 aromatic heterocycles. The lowest BCUT2D eigenvalue weighted by Crippen LogP contribution is -2.33. The van der Waals surface area contributed by atoms with Crippen molar-refractivity contribution in [2.24, 2.45) is 0 Å². The molecule has 5 rings (SSSR count). The number of aliphatic hydroxyl groups excluding tert-OH is 1. The summed E-state index contributed by atoms with van der Waals surface area (Å²) >= 11 is 0. The van der Waals surface area contributed by atoms with E-state index in [1.54, 1.807) is 6.08 Å². The zero-order chi connectivity index (χ0) is 24.0. The third-order valence-corrected chi connectivity index (χ3v) is 5.73. The highest BCUT2D eigenvalue weighted by atomic mass is 16.7. The first-order chi connectivity index (χ1) is 17.2. The lowest BCUT2D eigenvalue weighted by Gasteiger charge is -2.29. The molecule has 0 saturated carbocycles. The first kappa shape index (κ1) is 23.2. The number of carbonyl (C=O) groups is 1. The van der Waals surface area contributed by atoms with Gasteiger partial charge in [-0.25, -0.2) is 4.98 Å². The number of H-pyrrole nitrogens is 1. The highest BCUT2D eigenvalue weighted by Gasteiger charge is 2.30. The van der Waals surface area contributed by atoms with Crippen LogP contribution in [-0.2, 0) is 25.5 Å². The number of fused-ring (bicyclic) bond motifs is 2. The molecule has 0 spiro atoms. The fourth-order valence-corrected chi connectivity index (χ4v) is 4.04. The van der Waals surface area contributed by atoms with Gasteiger partial charge < -0.3 is 39.1 Å². The van der Waals surface area contributed by atoms with Crippen LogP contribution < -0.4 is 14.8 Å². The van der Waals surface area contributed by atoms with E-state index in [1.807, 2.05) is 42.5 Å². The van der Waals surface area contributed by atoms with Gasteiger partial charge in [-0.1, -0.05) is 18.2 Å². The molecular weight excluding hydrogens is 454 g/mol. The van der Waals surface area contributed by atoms with E-state index in [1.165, 1.54) is 0 Å². The highest BCUT2D eigenvalue weighted by molar-refractivity contribution is 5.91. The number of para-hydroxylation sites is 2. The summed E-state index contributed by atoms with van der Waals surface area (Å²) in [6.07, 6.45) is 1.67. The van der Waals surface area contributed by atoms with Gasteiger partial charge >= 0.3 is 0 Å². The number of benzene rings is 2. The molecule has 0 saturated heterocycles. The first-order valence-corrected chi connectivity index (χ1v) is 11.5. The standard InChI is InChI=1S/C25H27N3O7/c29-7-8-31-9-10-32-24-13-17(16-5-6-20-21(11-16)34-15-33-20)12-22(35-24)25(30)26-14-23-27-18-3-1-2-4-19(18)28-23/h1-6,11-12,17,24,29H,7-10,13-15H2,(H,26,30)(H,27,28)/t17-,24+/m1/s1. The normalized spacial score (nSPS) is 18.8. The number of amides is 1. The molecule has 3 N–H and O–H groups in total. The number of aliphatic hydroxyl groups is 1. The smallest absolute Gasteiger partial charge is 0.286 e. The summed E-state index contributed by atoms with van der Waals surface area (Å²) in [5.74, 6) is 1.71. The fraction of sp³-hybridized carbons (Fsp3) is 0.360. The number of rotatable bonds is 10. The minimum atomic E-state index is -0.639. The Labute approximate surface area is 201 Å². The van der Waals surface area contributed by atoms with Gasteiger partial charge in [0.2, 0.25) is 13.1 Å². The lowest BCUT2D eigenvalue weighted by molar-refractivity contribution is -0.151. The third-order valence-electron chi connectivity index (χ3n) is 5.73. The number of aromatic nitrogens is 2. The minimum Gasteiger partial charge on any atom is -0.459 e. The molecule has 1 amide bonds. The molecule has 0 bridgehead atoms. The van der Waals surface area contributed by atoms with Crippen LogP contribution in [0.2, 0.25) is 0 Å². The van der Waals surface area contributed by atoms with E-state index in [9.17, 15) is 4.79 Å². The van der Waals surface area contributed by atoms with E-state index in [2.05, 4.69) is 15.3 Å². The molecule has 0 fully saturated rings. The Morgan fingerprint density at radius 2 is 2.03 bits per heavy atom. The molecule has 10 heteroatoms. The summed E-state index contributed by atoms with van der Waals surface area (Å²) in [6.45, 7) is 1.19. The third kappa shape index (κ3) is 5.56. The predicted molar refractivity (Wildman–Crippen MR) is 125 cm³/mol. The van der Waals surface area contributed by atoms with Crippen LogP contribution in [0.3, 0.4) is 0 Å². The number of aromatic amines is 1. The van der Waals surface area contributed by atoms with Crippen LogP contribution in [0.5, 0.6) is 11.5 Å². The molecule has 3 heterocycles. The summed E-state index contributed by atoms with van der Waals surface area (Å²) < 4.78 is 27.9. The number of hydrogen-bond acceptors (Lipinski definition) is 8. The second kappa shape index (κ2) is 10.8. The van der Waals surface area contributed by atoms with Crippen LogP contribution >= 0.6 is 0 Å². The van der Waals surface area contributed by atoms with Crippen molar-refractivity contribution in [2.75, 3.05) is 33.2 Å². The van der Waals surface area contributed by atoms with Crippen molar-refractivity contribution in [3.8, 4) is 11.5 Å². The summed E-state index contributed by atoms with van der Waals surface area (Å²) in [5.41, 5.74) is 2.71. The molecule has 10 nitrogen and oxygen atoms in total. The van der Waals surface area contributed by atoms with Crippen molar-refractivity contribution in [1.82, 2.24) is 15.3 Å². The number of imidazole rings is 1. The molecule has 0 aliphatic carbocycles. The van der Waals surface area contributed by atoms with Crippen LogP contribution in [-0.4, -0.2) is 60.5 Å². The van der Waals surface area contributed by atoms with Gasteiger partial charge in [-0.2, -0.15) is 0 Å². The summed E-state index contributed by atoms with van der Waals surface area (Å²) in [5, 5.41) is 11.7. The minimum absolute atomic E-state index is 0.0512. The van der Waals surface area contributed by atoms with E-state index >= 15 is 0 Å². The summed E-state index contributed by atoms with van der Waals surface area (Å²) in [4.78, 5) is 20.7. The number of hydrogen-bond donors (Lipinski definition) is 3. The molecular formula is C25H27N3O7. The van der Waals surface area contributed by atoms with Gasteiger partial charge in [-0.3, -0.25) is 4.79 Å². The molecule has 2 atom stereocenters. The maximum atomic E-state index is 13.0. The van der Waals surface area contributed by atoms with Crippen molar-refractivity contribution >= 4 is 16.9 Å². The number of carbonyl (C=O) groups excluding carboxylic acids is 1. The monoisotopic (exact) mass is 481 g/mol. The quantitative estimate of drug-likeness (QED) is 0.377. The maximum Gasteiger partial charge on any atom is 0.286 e. The highest BCUT2D eigenvalue weighted by Crippen LogP contribution is 2.38. The molecule has 35 heavy (non-hydrogen) atoms. The summed E-state index contributed by atoms with van der Waals surface area (Å²) in [6, 6.07) is 13.4. The molecule has 0 radical (unpaired) electrons. The van der Waals surface area contributed by atoms with Gasteiger partial charge in [0.15, 0.2) is 17.3 Å². The Kier molecular flexibility index (Phi) is 7.12. The van der Waals surface area contributed by atoms with Gasteiger partial charge in [0.1, 0.15) is 5.82 Å². The Morgan fingerprint density at radius 3 is 2.91 bits per heavy atom. The van der Waals surface area contributed by atoms with Crippen molar-refractivity contribution in [3.05, 3.63) is 65.7 Å². The van der Waals surface area contributed by atoms with E-state index in [0.29, 0.717) is 30.4 Å². The second-order valence-corrected chi connectivity index (χ2v) is 8.12. The molecule has 184 valence electrons. The molecule has 2 aliphatic rings. The maximum absolute atomic E-state index is 13.0. The largest absolute Gasteiger partial charge is 0.459 e. The Bertz CT molecular complexity index is 1180. The van der Waals surface area contributed by atoms with Crippen LogP contribution in [0.1, 0.15) is 23.7 Å². The number of nitrogens with one attached hydrogen (secondary N) is 2. The average molecular weight is 482 g/mol. The van der Waals surface area contributed by atoms with Crippen molar-refractivity contribution in [1.29, 1.82) is 0 Å². The van der Waals surface area contributed by atoms with E-state index in [4.69, 9.17) is 28.8 Å². The SMILES string of the molecule is O=C(NCc1nc2ccccc2[nH]1)C1=C[C@@H](c2ccc3c(c2)OCO3)C[C@@H](OCCOCCO)O1. The Hall–Kier alpha value is -3.60. The average Bonchev–Trinajstić information content (AvgIpc) is 3.53. The topological polar surface area (TPSA) is 124 Å². The molecule has 3 aromatic rings. The van der Waals surface area contributed by atoms with Gasteiger partial charge in [0, 0.05) is 12.3 Å².